The maximum absolute atomic E-state index is 4.40. The minimum Gasteiger partial charge on any atom is -0.350 e. The number of aliphatic imine (C=N–C) groups is 1. The highest BCUT2D eigenvalue weighted by Crippen LogP contribution is 2.11. The number of nitrogens with zero attached hydrogens (tertiary/aromatic N) is 2. The van der Waals surface area contributed by atoms with Crippen LogP contribution in [0.5, 0.6) is 0 Å². The van der Waals surface area contributed by atoms with Gasteiger partial charge in [-0.25, -0.2) is 0 Å². The van der Waals surface area contributed by atoms with E-state index in [2.05, 4.69) is 22.5 Å². The Balaban J connectivity index is 5.00. The van der Waals surface area contributed by atoms with Crippen LogP contribution in [0.25, 0.3) is 0 Å². The van der Waals surface area contributed by atoms with Crippen molar-refractivity contribution in [3.63, 3.8) is 0 Å². The van der Waals surface area contributed by atoms with E-state index in [0.29, 0.717) is 0 Å². The molecule has 0 aliphatic rings. The highest BCUT2D eigenvalue weighted by molar-refractivity contribution is 5.53. The Morgan fingerprint density at radius 2 is 1.94 bits per heavy atom. The molecule has 2 heteroatoms. The van der Waals surface area contributed by atoms with Crippen LogP contribution in [-0.4, -0.2) is 24.3 Å². The Bertz CT molecular complexity index is 297. The average Bonchev–Trinajstić information content (AvgIpc) is 2.27. The fourth-order valence-electron chi connectivity index (χ4n) is 1.34. The van der Waals surface area contributed by atoms with E-state index in [4.69, 9.17) is 0 Å². The van der Waals surface area contributed by atoms with Crippen LogP contribution in [-0.2, 0) is 0 Å². The van der Waals surface area contributed by atoms with Crippen LogP contribution < -0.4 is 0 Å². The summed E-state index contributed by atoms with van der Waals surface area (Å²) in [5.41, 5.74) is 1.09. The quantitative estimate of drug-likeness (QED) is 0.378. The molecular formula is C14H22N2. The summed E-state index contributed by atoms with van der Waals surface area (Å²) in [5, 5.41) is 0. The van der Waals surface area contributed by atoms with Crippen LogP contribution in [0.15, 0.2) is 53.7 Å². The van der Waals surface area contributed by atoms with Crippen LogP contribution in [0.1, 0.15) is 20.8 Å². The molecule has 1 unspecified atom stereocenters. The van der Waals surface area contributed by atoms with Crippen LogP contribution in [0.2, 0.25) is 0 Å². The minimum absolute atomic E-state index is 0.0393. The Morgan fingerprint density at radius 1 is 1.25 bits per heavy atom. The van der Waals surface area contributed by atoms with Crippen LogP contribution in [0, 0.1) is 0 Å². The van der Waals surface area contributed by atoms with Gasteiger partial charge in [-0.1, -0.05) is 24.8 Å². The van der Waals surface area contributed by atoms with Crippen molar-refractivity contribution >= 4 is 6.21 Å². The molecule has 0 saturated carbocycles. The van der Waals surface area contributed by atoms with Gasteiger partial charge < -0.3 is 4.90 Å². The molecular weight excluding hydrogens is 196 g/mol. The van der Waals surface area contributed by atoms with Crippen molar-refractivity contribution in [2.45, 2.75) is 26.9 Å². The number of allylic oxidation sites excluding steroid dienone is 5. The van der Waals surface area contributed by atoms with E-state index in [1.165, 1.54) is 0 Å². The van der Waals surface area contributed by atoms with Crippen molar-refractivity contribution in [3.8, 4) is 0 Å². The molecule has 0 spiro atoms. The van der Waals surface area contributed by atoms with Crippen molar-refractivity contribution < 1.29 is 0 Å². The molecule has 16 heavy (non-hydrogen) atoms. The van der Waals surface area contributed by atoms with Gasteiger partial charge in [-0.2, -0.15) is 0 Å². The molecule has 0 aromatic rings. The third-order valence-electron chi connectivity index (χ3n) is 2.10. The van der Waals surface area contributed by atoms with Gasteiger partial charge in [0.25, 0.3) is 0 Å². The Kier molecular flexibility index (Phi) is 7.86. The van der Waals surface area contributed by atoms with Crippen molar-refractivity contribution in [2.75, 3.05) is 7.05 Å². The molecule has 88 valence electrons. The smallest absolute Gasteiger partial charge is 0.139 e. The summed E-state index contributed by atoms with van der Waals surface area (Å²) in [6.07, 6.45) is 13.7. The topological polar surface area (TPSA) is 15.6 Å². The van der Waals surface area contributed by atoms with E-state index in [1.807, 2.05) is 58.3 Å². The molecule has 2 nitrogen and oxygen atoms in total. The zero-order valence-electron chi connectivity index (χ0n) is 10.7. The molecule has 0 rings (SSSR count). The van der Waals surface area contributed by atoms with Crippen LogP contribution in [0.3, 0.4) is 0 Å². The first kappa shape index (κ1) is 14.4. The van der Waals surface area contributed by atoms with Crippen molar-refractivity contribution in [3.05, 3.63) is 48.7 Å². The molecule has 0 aromatic heterocycles. The highest BCUT2D eigenvalue weighted by atomic mass is 15.2. The molecule has 0 heterocycles. The predicted molar refractivity (Wildman–Crippen MR) is 73.6 cm³/mol. The lowest BCUT2D eigenvalue weighted by Gasteiger charge is -2.25. The second kappa shape index (κ2) is 8.72. The Morgan fingerprint density at radius 3 is 2.38 bits per heavy atom. The molecule has 0 aromatic carbocycles. The number of hydrogen-bond donors (Lipinski definition) is 0. The standard InChI is InChI=1S/C14H22N2/c1-6-10-13(11-7-2)16(5)14(12-8-3)15-9-4/h6-12,14H,1H2,2-5H3/b11-7-,12-8+,13-10+,15-9-. The zero-order chi connectivity index (χ0) is 12.4. The second-order valence-corrected chi connectivity index (χ2v) is 3.28. The van der Waals surface area contributed by atoms with Gasteiger partial charge in [0.15, 0.2) is 0 Å². The van der Waals surface area contributed by atoms with Gasteiger partial charge in [0.05, 0.1) is 0 Å². The lowest BCUT2D eigenvalue weighted by molar-refractivity contribution is 0.374. The molecule has 0 aliphatic carbocycles. The van der Waals surface area contributed by atoms with Crippen LogP contribution >= 0.6 is 0 Å². The summed E-state index contributed by atoms with van der Waals surface area (Å²) in [4.78, 5) is 6.50. The lowest BCUT2D eigenvalue weighted by Crippen LogP contribution is -2.27. The largest absolute Gasteiger partial charge is 0.350 e. The molecule has 0 bridgehead atoms. The SMILES string of the molecule is C=C/C=C(\C=C/C)N(C)C(/C=C/C)/N=C\C. The van der Waals surface area contributed by atoms with E-state index in [9.17, 15) is 0 Å². The van der Waals surface area contributed by atoms with E-state index in [0.717, 1.165) is 5.70 Å². The number of likely N-dealkylation sites (N-methyl/N-ethyl adjacent to an activating group) is 1. The van der Waals surface area contributed by atoms with Gasteiger partial charge in [-0.3, -0.25) is 4.99 Å². The van der Waals surface area contributed by atoms with E-state index in [-0.39, 0.29) is 6.17 Å². The highest BCUT2D eigenvalue weighted by Gasteiger charge is 2.09. The fraction of sp³-hybridized carbons (Fsp3) is 0.357. The first-order valence-electron chi connectivity index (χ1n) is 5.50. The maximum atomic E-state index is 4.40. The molecule has 0 N–H and O–H groups in total. The van der Waals surface area contributed by atoms with Gasteiger partial charge in [0.1, 0.15) is 6.17 Å². The van der Waals surface area contributed by atoms with E-state index >= 15 is 0 Å². The molecule has 1 atom stereocenters. The monoisotopic (exact) mass is 218 g/mol. The average molecular weight is 218 g/mol. The lowest BCUT2D eigenvalue weighted by atomic mass is 10.3. The van der Waals surface area contributed by atoms with E-state index < -0.39 is 0 Å². The Hall–Kier alpha value is -1.57. The van der Waals surface area contributed by atoms with Crippen LogP contribution in [0.4, 0.5) is 0 Å². The van der Waals surface area contributed by atoms with Gasteiger partial charge in [-0.05, 0) is 45.2 Å². The minimum atomic E-state index is 0.0393. The van der Waals surface area contributed by atoms with Crippen molar-refractivity contribution in [2.24, 2.45) is 4.99 Å². The van der Waals surface area contributed by atoms with Crippen molar-refractivity contribution in [1.29, 1.82) is 0 Å². The maximum Gasteiger partial charge on any atom is 0.139 e. The summed E-state index contributed by atoms with van der Waals surface area (Å²) < 4.78 is 0. The predicted octanol–water partition coefficient (Wildman–Crippen LogP) is 3.56. The molecule has 0 fully saturated rings. The summed E-state index contributed by atoms with van der Waals surface area (Å²) in [6.45, 7) is 9.65. The summed E-state index contributed by atoms with van der Waals surface area (Å²) in [5.74, 6) is 0. The molecule has 0 radical (unpaired) electrons. The first-order valence-corrected chi connectivity index (χ1v) is 5.50. The van der Waals surface area contributed by atoms with Gasteiger partial charge in [0, 0.05) is 12.7 Å². The van der Waals surface area contributed by atoms with Gasteiger partial charge >= 0.3 is 0 Å². The summed E-state index contributed by atoms with van der Waals surface area (Å²) >= 11 is 0. The number of rotatable bonds is 6. The fourth-order valence-corrected chi connectivity index (χ4v) is 1.34. The van der Waals surface area contributed by atoms with Crippen molar-refractivity contribution in [1.82, 2.24) is 4.90 Å². The van der Waals surface area contributed by atoms with Gasteiger partial charge in [0.2, 0.25) is 0 Å². The normalized spacial score (nSPS) is 15.1. The first-order chi connectivity index (χ1) is 7.71. The van der Waals surface area contributed by atoms with Gasteiger partial charge in [-0.15, -0.1) is 0 Å². The molecule has 0 aliphatic heterocycles. The third-order valence-corrected chi connectivity index (χ3v) is 2.10. The second-order valence-electron chi connectivity index (χ2n) is 3.28. The number of hydrogen-bond acceptors (Lipinski definition) is 2. The summed E-state index contributed by atoms with van der Waals surface area (Å²) in [6, 6.07) is 0. The molecule has 0 saturated heterocycles. The third kappa shape index (κ3) is 4.78. The molecule has 0 amide bonds. The summed E-state index contributed by atoms with van der Waals surface area (Å²) in [7, 11) is 2.02. The Labute approximate surface area is 99.4 Å². The zero-order valence-corrected chi connectivity index (χ0v) is 10.7. The van der Waals surface area contributed by atoms with E-state index in [1.54, 1.807) is 6.08 Å².